The number of carbonyl (C=O) groups excluding carboxylic acids is 1. The van der Waals surface area contributed by atoms with E-state index in [0.29, 0.717) is 5.25 Å². The zero-order chi connectivity index (χ0) is 21.1. The molecule has 6 heteroatoms. The monoisotopic (exact) mass is 437 g/mol. The van der Waals surface area contributed by atoms with Crippen molar-refractivity contribution in [3.63, 3.8) is 0 Å². The standard InChI is InChI=1S/C24H27N3OS2/c1-16(2)29-21-10-8-18(9-11-21)22-12-26-24(30-22)19-6-4-17(5-7-19)13-27-14-20(15-27)23(28)25-3/h4-12,16,20H,13-15H2,1-3H3,(H,25,28). The van der Waals surface area contributed by atoms with Crippen molar-refractivity contribution in [1.82, 2.24) is 15.2 Å². The Morgan fingerprint density at radius 2 is 1.80 bits per heavy atom. The van der Waals surface area contributed by atoms with Crippen LogP contribution < -0.4 is 5.32 Å². The smallest absolute Gasteiger partial charge is 0.225 e. The van der Waals surface area contributed by atoms with Crippen molar-refractivity contribution in [2.45, 2.75) is 30.5 Å². The van der Waals surface area contributed by atoms with Gasteiger partial charge < -0.3 is 5.32 Å². The minimum atomic E-state index is 0.140. The molecule has 1 aliphatic rings. The quantitative estimate of drug-likeness (QED) is 0.519. The fraction of sp³-hybridized carbons (Fsp3) is 0.333. The van der Waals surface area contributed by atoms with E-state index < -0.39 is 0 Å². The van der Waals surface area contributed by atoms with Crippen molar-refractivity contribution in [3.8, 4) is 21.0 Å². The number of carbonyl (C=O) groups is 1. The van der Waals surface area contributed by atoms with E-state index in [1.807, 2.05) is 18.0 Å². The fourth-order valence-corrected chi connectivity index (χ4v) is 5.36. The Bertz CT molecular complexity index is 990. The van der Waals surface area contributed by atoms with Gasteiger partial charge in [-0.15, -0.1) is 23.1 Å². The summed E-state index contributed by atoms with van der Waals surface area (Å²) >= 11 is 3.61. The fourth-order valence-electron chi connectivity index (χ4n) is 3.59. The van der Waals surface area contributed by atoms with Crippen molar-refractivity contribution in [1.29, 1.82) is 0 Å². The van der Waals surface area contributed by atoms with E-state index in [9.17, 15) is 4.79 Å². The summed E-state index contributed by atoms with van der Waals surface area (Å²) in [7, 11) is 1.70. The molecule has 2 heterocycles. The van der Waals surface area contributed by atoms with Crippen molar-refractivity contribution in [2.24, 2.45) is 5.92 Å². The van der Waals surface area contributed by atoms with E-state index in [1.165, 1.54) is 20.9 Å². The predicted octanol–water partition coefficient (Wildman–Crippen LogP) is 5.16. The number of amides is 1. The zero-order valence-electron chi connectivity index (χ0n) is 17.6. The molecular weight excluding hydrogens is 410 g/mol. The zero-order valence-corrected chi connectivity index (χ0v) is 19.2. The summed E-state index contributed by atoms with van der Waals surface area (Å²) in [6.45, 7) is 6.99. The number of thioether (sulfide) groups is 1. The van der Waals surface area contributed by atoms with Gasteiger partial charge in [0.15, 0.2) is 0 Å². The van der Waals surface area contributed by atoms with Gasteiger partial charge in [-0.3, -0.25) is 9.69 Å². The first-order valence-corrected chi connectivity index (χ1v) is 12.0. The number of nitrogens with one attached hydrogen (secondary N) is 1. The average molecular weight is 438 g/mol. The van der Waals surface area contributed by atoms with Crippen LogP contribution in [0.2, 0.25) is 0 Å². The molecule has 4 rings (SSSR count). The topological polar surface area (TPSA) is 45.2 Å². The lowest BCUT2D eigenvalue weighted by Crippen LogP contribution is -2.52. The molecular formula is C24H27N3OS2. The second-order valence-corrected chi connectivity index (χ2v) is 10.6. The van der Waals surface area contributed by atoms with Gasteiger partial charge in [-0.2, -0.15) is 0 Å². The van der Waals surface area contributed by atoms with Crippen LogP contribution in [-0.4, -0.2) is 41.2 Å². The van der Waals surface area contributed by atoms with Crippen molar-refractivity contribution < 1.29 is 4.79 Å². The highest BCUT2D eigenvalue weighted by atomic mass is 32.2. The Hall–Kier alpha value is -2.15. The van der Waals surface area contributed by atoms with Gasteiger partial charge in [0.2, 0.25) is 5.91 Å². The normalized spacial score (nSPS) is 14.7. The lowest BCUT2D eigenvalue weighted by molar-refractivity contribution is -0.129. The van der Waals surface area contributed by atoms with E-state index in [1.54, 1.807) is 18.4 Å². The van der Waals surface area contributed by atoms with Crippen LogP contribution >= 0.6 is 23.1 Å². The average Bonchev–Trinajstić information content (AvgIpc) is 3.20. The van der Waals surface area contributed by atoms with Gasteiger partial charge in [-0.25, -0.2) is 4.98 Å². The molecule has 2 aromatic carbocycles. The van der Waals surface area contributed by atoms with Gasteiger partial charge in [0.1, 0.15) is 5.01 Å². The second kappa shape index (κ2) is 9.33. The first kappa shape index (κ1) is 21.1. The number of nitrogens with zero attached hydrogens (tertiary/aromatic N) is 2. The summed E-state index contributed by atoms with van der Waals surface area (Å²) in [5.41, 5.74) is 3.63. The van der Waals surface area contributed by atoms with Crippen LogP contribution in [0, 0.1) is 5.92 Å². The van der Waals surface area contributed by atoms with Crippen LogP contribution in [-0.2, 0) is 11.3 Å². The Morgan fingerprint density at radius 1 is 1.13 bits per heavy atom. The molecule has 1 fully saturated rings. The van der Waals surface area contributed by atoms with E-state index in [2.05, 4.69) is 77.6 Å². The number of benzene rings is 2. The van der Waals surface area contributed by atoms with Gasteiger partial charge in [0, 0.05) is 48.6 Å². The third kappa shape index (κ3) is 4.94. The molecule has 0 unspecified atom stereocenters. The van der Waals surface area contributed by atoms with Crippen LogP contribution in [0.25, 0.3) is 21.0 Å². The molecule has 1 aliphatic heterocycles. The molecule has 0 radical (unpaired) electrons. The Kier molecular flexibility index (Phi) is 6.56. The van der Waals surface area contributed by atoms with E-state index in [4.69, 9.17) is 0 Å². The summed E-state index contributed by atoms with van der Waals surface area (Å²) in [6.07, 6.45) is 1.97. The second-order valence-electron chi connectivity index (χ2n) is 7.92. The molecule has 0 atom stereocenters. The van der Waals surface area contributed by atoms with Gasteiger partial charge in [-0.05, 0) is 23.3 Å². The van der Waals surface area contributed by atoms with Gasteiger partial charge in [-0.1, -0.05) is 50.2 Å². The number of aromatic nitrogens is 1. The number of rotatable bonds is 7. The van der Waals surface area contributed by atoms with Gasteiger partial charge in [0.25, 0.3) is 0 Å². The summed E-state index contributed by atoms with van der Waals surface area (Å²) in [4.78, 5) is 21.1. The van der Waals surface area contributed by atoms with Crippen molar-refractivity contribution >= 4 is 29.0 Å². The van der Waals surface area contributed by atoms with Crippen LogP contribution in [0.4, 0.5) is 0 Å². The molecule has 1 amide bonds. The van der Waals surface area contributed by atoms with Crippen LogP contribution in [0.15, 0.2) is 59.6 Å². The van der Waals surface area contributed by atoms with Crippen LogP contribution in [0.5, 0.6) is 0 Å². The van der Waals surface area contributed by atoms with Crippen LogP contribution in [0.1, 0.15) is 19.4 Å². The highest BCUT2D eigenvalue weighted by molar-refractivity contribution is 7.99. The van der Waals surface area contributed by atoms with E-state index in [-0.39, 0.29) is 11.8 Å². The van der Waals surface area contributed by atoms with Crippen molar-refractivity contribution in [3.05, 3.63) is 60.3 Å². The minimum Gasteiger partial charge on any atom is -0.359 e. The molecule has 1 aromatic heterocycles. The Balaban J connectivity index is 1.37. The third-order valence-corrected chi connectivity index (χ3v) is 7.31. The van der Waals surface area contributed by atoms with E-state index >= 15 is 0 Å². The Labute approximate surface area is 186 Å². The molecule has 4 nitrogen and oxygen atoms in total. The molecule has 0 saturated carbocycles. The third-order valence-electron chi connectivity index (χ3n) is 5.20. The summed E-state index contributed by atoms with van der Waals surface area (Å²) in [5.74, 6) is 0.288. The number of hydrogen-bond donors (Lipinski definition) is 1. The Morgan fingerprint density at radius 3 is 2.43 bits per heavy atom. The maximum atomic E-state index is 11.6. The highest BCUT2D eigenvalue weighted by Gasteiger charge is 2.31. The maximum absolute atomic E-state index is 11.6. The first-order chi connectivity index (χ1) is 14.5. The number of thiazole rings is 1. The molecule has 1 saturated heterocycles. The van der Waals surface area contributed by atoms with Gasteiger partial charge in [0.05, 0.1) is 10.8 Å². The molecule has 156 valence electrons. The molecule has 0 aliphatic carbocycles. The summed E-state index contributed by atoms with van der Waals surface area (Å²) < 4.78 is 0. The SMILES string of the molecule is CNC(=O)C1CN(Cc2ccc(-c3ncc(-c4ccc(SC(C)C)cc4)s3)cc2)C1. The minimum absolute atomic E-state index is 0.140. The van der Waals surface area contributed by atoms with Gasteiger partial charge >= 0.3 is 0 Å². The first-order valence-electron chi connectivity index (χ1n) is 10.3. The van der Waals surface area contributed by atoms with Crippen molar-refractivity contribution in [2.75, 3.05) is 20.1 Å². The summed E-state index contributed by atoms with van der Waals surface area (Å²) in [6, 6.07) is 17.4. The molecule has 0 bridgehead atoms. The lowest BCUT2D eigenvalue weighted by atomic mass is 9.98. The molecule has 0 spiro atoms. The molecule has 1 N–H and O–H groups in total. The summed E-state index contributed by atoms with van der Waals surface area (Å²) in [5, 5.41) is 4.36. The van der Waals surface area contributed by atoms with Crippen LogP contribution in [0.3, 0.4) is 0 Å². The molecule has 3 aromatic rings. The number of likely N-dealkylation sites (tertiary alicyclic amines) is 1. The largest absolute Gasteiger partial charge is 0.359 e. The predicted molar refractivity (Wildman–Crippen MR) is 127 cm³/mol. The highest BCUT2D eigenvalue weighted by Crippen LogP contribution is 2.33. The lowest BCUT2D eigenvalue weighted by Gasteiger charge is -2.38. The number of hydrogen-bond acceptors (Lipinski definition) is 5. The van der Waals surface area contributed by atoms with E-state index in [0.717, 1.165) is 30.2 Å². The maximum Gasteiger partial charge on any atom is 0.225 e. The molecule has 30 heavy (non-hydrogen) atoms.